The maximum absolute atomic E-state index is 13.5. The minimum absolute atomic E-state index is 0.0319. The maximum atomic E-state index is 13.5. The Kier molecular flexibility index (Phi) is 5.03. The second kappa shape index (κ2) is 6.40. The van der Waals surface area contributed by atoms with Gasteiger partial charge in [-0.3, -0.25) is 0 Å². The van der Waals surface area contributed by atoms with E-state index >= 15 is 0 Å². The third-order valence-corrected chi connectivity index (χ3v) is 4.29. The maximum Gasteiger partial charge on any atom is 0.142 e. The molecule has 2 aromatic carbocycles. The lowest BCUT2D eigenvalue weighted by Gasteiger charge is -2.15. The summed E-state index contributed by atoms with van der Waals surface area (Å²) >= 11 is 24.5. The quantitative estimate of drug-likeness (QED) is 0.603. The number of benzene rings is 2. The Labute approximate surface area is 136 Å². The van der Waals surface area contributed by atoms with Gasteiger partial charge in [-0.1, -0.05) is 46.9 Å². The molecule has 0 aliphatic heterocycles. The molecule has 0 spiro atoms. The predicted molar refractivity (Wildman–Crippen MR) is 82.1 cm³/mol. The Morgan fingerprint density at radius 2 is 1.75 bits per heavy atom. The number of halogens is 5. The average molecular weight is 354 g/mol. The molecule has 0 saturated heterocycles. The monoisotopic (exact) mass is 352 g/mol. The smallest absolute Gasteiger partial charge is 0.142 e. The van der Waals surface area contributed by atoms with Crippen LogP contribution in [0.4, 0.5) is 4.39 Å². The van der Waals surface area contributed by atoms with Gasteiger partial charge >= 0.3 is 0 Å². The molecule has 6 heteroatoms. The second-order valence-electron chi connectivity index (χ2n) is 4.01. The van der Waals surface area contributed by atoms with Gasteiger partial charge in [0.2, 0.25) is 0 Å². The molecule has 2 aromatic rings. The lowest BCUT2D eigenvalue weighted by molar-refractivity contribution is 0.415. The topological polar surface area (TPSA) is 9.23 Å². The van der Waals surface area contributed by atoms with E-state index in [1.807, 2.05) is 0 Å². The number of ether oxygens (including phenoxy) is 1. The molecule has 1 unspecified atom stereocenters. The molecular weight excluding hydrogens is 345 g/mol. The number of hydrogen-bond donors (Lipinski definition) is 0. The summed E-state index contributed by atoms with van der Waals surface area (Å²) in [7, 11) is 1.48. The molecule has 0 aromatic heterocycles. The van der Waals surface area contributed by atoms with Crippen LogP contribution >= 0.6 is 46.4 Å². The minimum atomic E-state index is -0.714. The summed E-state index contributed by atoms with van der Waals surface area (Å²) in [5.41, 5.74) is 0.961. The van der Waals surface area contributed by atoms with Gasteiger partial charge < -0.3 is 4.74 Å². The molecule has 0 aliphatic carbocycles. The lowest BCUT2D eigenvalue weighted by Crippen LogP contribution is -1.98. The summed E-state index contributed by atoms with van der Waals surface area (Å²) in [4.78, 5) is 0. The van der Waals surface area contributed by atoms with Crippen molar-refractivity contribution in [1.29, 1.82) is 0 Å². The van der Waals surface area contributed by atoms with Crippen molar-refractivity contribution in [2.75, 3.05) is 7.11 Å². The molecule has 2 rings (SSSR count). The molecule has 0 fully saturated rings. The lowest BCUT2D eigenvalue weighted by atomic mass is 10.0. The van der Waals surface area contributed by atoms with E-state index in [1.54, 1.807) is 18.2 Å². The zero-order valence-electron chi connectivity index (χ0n) is 10.3. The van der Waals surface area contributed by atoms with Gasteiger partial charge in [0.1, 0.15) is 11.6 Å². The zero-order chi connectivity index (χ0) is 14.9. The SMILES string of the molecule is COc1cc(Cl)c(C(Cl)c2cccc(F)c2Cl)cc1Cl. The van der Waals surface area contributed by atoms with Gasteiger partial charge in [0.25, 0.3) is 0 Å². The third-order valence-electron chi connectivity index (χ3n) is 2.80. The normalized spacial score (nSPS) is 12.3. The Bertz CT molecular complexity index is 645. The molecule has 0 heterocycles. The van der Waals surface area contributed by atoms with Crippen LogP contribution in [0.5, 0.6) is 5.75 Å². The summed E-state index contributed by atoms with van der Waals surface area (Å²) < 4.78 is 18.5. The highest BCUT2D eigenvalue weighted by atomic mass is 35.5. The molecular formula is C14H9Cl4FO. The first-order chi connectivity index (χ1) is 9.45. The first kappa shape index (κ1) is 15.7. The van der Waals surface area contributed by atoms with E-state index in [1.165, 1.54) is 19.2 Å². The van der Waals surface area contributed by atoms with E-state index in [9.17, 15) is 4.39 Å². The van der Waals surface area contributed by atoms with Gasteiger partial charge in [-0.25, -0.2) is 4.39 Å². The minimum Gasteiger partial charge on any atom is -0.495 e. The average Bonchev–Trinajstić information content (AvgIpc) is 2.43. The fourth-order valence-electron chi connectivity index (χ4n) is 1.78. The van der Waals surface area contributed by atoms with E-state index in [0.717, 1.165) is 0 Å². The Hall–Kier alpha value is -0.670. The molecule has 0 amide bonds. The van der Waals surface area contributed by atoms with Crippen molar-refractivity contribution in [3.05, 3.63) is 62.3 Å². The fraction of sp³-hybridized carbons (Fsp3) is 0.143. The number of methoxy groups -OCH3 is 1. The van der Waals surface area contributed by atoms with Gasteiger partial charge in [0.05, 0.1) is 22.5 Å². The van der Waals surface area contributed by atoms with E-state index < -0.39 is 11.2 Å². The number of alkyl halides is 1. The van der Waals surface area contributed by atoms with Gasteiger partial charge in [-0.2, -0.15) is 0 Å². The molecule has 0 aliphatic rings. The summed E-state index contributed by atoms with van der Waals surface area (Å²) in [6.07, 6.45) is 0. The van der Waals surface area contributed by atoms with Crippen LogP contribution < -0.4 is 4.74 Å². The Morgan fingerprint density at radius 3 is 2.40 bits per heavy atom. The zero-order valence-corrected chi connectivity index (χ0v) is 13.3. The van der Waals surface area contributed by atoms with Gasteiger partial charge in [-0.15, -0.1) is 11.6 Å². The van der Waals surface area contributed by atoms with Crippen molar-refractivity contribution in [1.82, 2.24) is 0 Å². The fourth-order valence-corrected chi connectivity index (χ4v) is 3.00. The van der Waals surface area contributed by atoms with E-state index in [-0.39, 0.29) is 5.02 Å². The standard InChI is InChI=1S/C14H9Cl4FO/c1-20-12-6-9(15)8(5-10(12)16)13(17)7-3-2-4-11(19)14(7)18/h2-6,13H,1H3. The van der Waals surface area contributed by atoms with Crippen LogP contribution in [-0.2, 0) is 0 Å². The molecule has 106 valence electrons. The highest BCUT2D eigenvalue weighted by molar-refractivity contribution is 6.36. The summed E-state index contributed by atoms with van der Waals surface area (Å²) in [6.45, 7) is 0. The van der Waals surface area contributed by atoms with Crippen molar-refractivity contribution >= 4 is 46.4 Å². The Balaban J connectivity index is 2.51. The van der Waals surface area contributed by atoms with Crippen LogP contribution in [0.1, 0.15) is 16.5 Å². The Morgan fingerprint density at radius 1 is 1.05 bits per heavy atom. The van der Waals surface area contributed by atoms with Crippen LogP contribution in [0.15, 0.2) is 30.3 Å². The van der Waals surface area contributed by atoms with Crippen LogP contribution in [-0.4, -0.2) is 7.11 Å². The molecule has 0 saturated carbocycles. The largest absolute Gasteiger partial charge is 0.495 e. The summed E-state index contributed by atoms with van der Waals surface area (Å²) in [6, 6.07) is 7.57. The van der Waals surface area contributed by atoms with Crippen LogP contribution in [0.25, 0.3) is 0 Å². The van der Waals surface area contributed by atoms with E-state index in [2.05, 4.69) is 0 Å². The molecule has 0 radical (unpaired) electrons. The number of hydrogen-bond acceptors (Lipinski definition) is 1. The highest BCUT2D eigenvalue weighted by Crippen LogP contribution is 2.41. The predicted octanol–water partition coefficient (Wildman–Crippen LogP) is 6.12. The molecule has 0 N–H and O–H groups in total. The molecule has 20 heavy (non-hydrogen) atoms. The van der Waals surface area contributed by atoms with Crippen molar-refractivity contribution in [3.63, 3.8) is 0 Å². The van der Waals surface area contributed by atoms with Crippen LogP contribution in [0.2, 0.25) is 15.1 Å². The first-order valence-electron chi connectivity index (χ1n) is 5.56. The second-order valence-corrected chi connectivity index (χ2v) is 5.64. The molecule has 0 bridgehead atoms. The van der Waals surface area contributed by atoms with Gasteiger partial charge in [0, 0.05) is 11.1 Å². The molecule has 1 nitrogen and oxygen atoms in total. The van der Waals surface area contributed by atoms with E-state index in [4.69, 9.17) is 51.1 Å². The third kappa shape index (κ3) is 2.99. The first-order valence-corrected chi connectivity index (χ1v) is 7.13. The van der Waals surface area contributed by atoms with Crippen LogP contribution in [0, 0.1) is 5.82 Å². The number of rotatable bonds is 3. The summed E-state index contributed by atoms with van der Waals surface area (Å²) in [5.74, 6) is -0.0971. The van der Waals surface area contributed by atoms with Crippen LogP contribution in [0.3, 0.4) is 0 Å². The highest BCUT2D eigenvalue weighted by Gasteiger charge is 2.20. The van der Waals surface area contributed by atoms with Gasteiger partial charge in [-0.05, 0) is 23.3 Å². The van der Waals surface area contributed by atoms with Crippen molar-refractivity contribution in [2.24, 2.45) is 0 Å². The van der Waals surface area contributed by atoms with Crippen molar-refractivity contribution in [2.45, 2.75) is 5.38 Å². The van der Waals surface area contributed by atoms with E-state index in [0.29, 0.717) is 26.9 Å². The van der Waals surface area contributed by atoms with Crippen molar-refractivity contribution < 1.29 is 9.13 Å². The van der Waals surface area contributed by atoms with Crippen molar-refractivity contribution in [3.8, 4) is 5.75 Å². The van der Waals surface area contributed by atoms with Gasteiger partial charge in [0.15, 0.2) is 0 Å². The summed E-state index contributed by atoms with van der Waals surface area (Å²) in [5, 5.41) is -0.0127. The molecule has 1 atom stereocenters.